The predicted molar refractivity (Wildman–Crippen MR) is 40.4 cm³/mol. The summed E-state index contributed by atoms with van der Waals surface area (Å²) in [5.74, 6) is -0.288. The van der Waals surface area contributed by atoms with Crippen molar-refractivity contribution in [1.82, 2.24) is 0 Å². The van der Waals surface area contributed by atoms with Gasteiger partial charge in [0.25, 0.3) is 0 Å². The van der Waals surface area contributed by atoms with E-state index in [1.54, 1.807) is 0 Å². The average Bonchev–Trinajstić information content (AvgIpc) is 2.66. The first-order valence-electron chi connectivity index (χ1n) is 3.54. The Balaban J connectivity index is 2.21. The van der Waals surface area contributed by atoms with Crippen molar-refractivity contribution in [3.05, 3.63) is 0 Å². The highest BCUT2D eigenvalue weighted by atomic mass is 35.5. The van der Waals surface area contributed by atoms with E-state index in [1.165, 1.54) is 7.11 Å². The zero-order chi connectivity index (χ0) is 8.43. The Morgan fingerprint density at radius 2 is 2.45 bits per heavy atom. The van der Waals surface area contributed by atoms with E-state index >= 15 is 0 Å². The number of carbonyl (C=O) groups excluding carboxylic acids is 1. The molecule has 11 heavy (non-hydrogen) atoms. The molecule has 3 atom stereocenters. The lowest BCUT2D eigenvalue weighted by atomic mass is 10.2. The van der Waals surface area contributed by atoms with Crippen molar-refractivity contribution in [2.24, 2.45) is 5.92 Å². The predicted octanol–water partition coefficient (Wildman–Crippen LogP) is 0.538. The Labute approximate surface area is 70.3 Å². The summed E-state index contributed by atoms with van der Waals surface area (Å²) >= 11 is 5.66. The van der Waals surface area contributed by atoms with Gasteiger partial charge < -0.3 is 9.84 Å². The summed E-state index contributed by atoms with van der Waals surface area (Å²) < 4.78 is 4.39. The largest absolute Gasteiger partial charge is 0.469 e. The second kappa shape index (κ2) is 3.41. The molecule has 0 heterocycles. The summed E-state index contributed by atoms with van der Waals surface area (Å²) in [5, 5.41) is 9.33. The molecule has 0 bridgehead atoms. The molecule has 1 aliphatic carbocycles. The number of hydrogen-bond acceptors (Lipinski definition) is 3. The van der Waals surface area contributed by atoms with Crippen LogP contribution in [0.2, 0.25) is 0 Å². The summed E-state index contributed by atoms with van der Waals surface area (Å²) in [5.41, 5.74) is 0. The van der Waals surface area contributed by atoms with Crippen LogP contribution < -0.4 is 0 Å². The lowest BCUT2D eigenvalue weighted by Gasteiger charge is -2.06. The number of rotatable bonds is 3. The van der Waals surface area contributed by atoms with Crippen LogP contribution >= 0.6 is 11.6 Å². The van der Waals surface area contributed by atoms with Gasteiger partial charge in [0, 0.05) is 11.3 Å². The topological polar surface area (TPSA) is 46.5 Å². The lowest BCUT2D eigenvalue weighted by Crippen LogP contribution is -2.17. The number of hydrogen-bond donors (Lipinski definition) is 1. The van der Waals surface area contributed by atoms with E-state index in [1.807, 2.05) is 0 Å². The van der Waals surface area contributed by atoms with Crippen LogP contribution in [0.5, 0.6) is 0 Å². The number of alkyl halides is 1. The molecule has 0 radical (unpaired) electrons. The van der Waals surface area contributed by atoms with Crippen molar-refractivity contribution in [1.29, 1.82) is 0 Å². The highest BCUT2D eigenvalue weighted by Crippen LogP contribution is 2.39. The van der Waals surface area contributed by atoms with E-state index in [0.717, 1.165) is 6.42 Å². The molecule has 1 saturated carbocycles. The van der Waals surface area contributed by atoms with Gasteiger partial charge in [-0.05, 0) is 6.42 Å². The number of aliphatic hydroxyl groups is 1. The van der Waals surface area contributed by atoms with Crippen molar-refractivity contribution >= 4 is 17.6 Å². The molecule has 0 aromatic heterocycles. The Morgan fingerprint density at radius 1 is 1.91 bits per heavy atom. The molecule has 0 saturated heterocycles. The molecule has 1 fully saturated rings. The highest BCUT2D eigenvalue weighted by molar-refractivity contribution is 6.22. The van der Waals surface area contributed by atoms with E-state index in [4.69, 9.17) is 11.6 Å². The minimum Gasteiger partial charge on any atom is -0.469 e. The molecule has 0 amide bonds. The van der Waals surface area contributed by atoms with Crippen molar-refractivity contribution in [2.75, 3.05) is 7.11 Å². The third kappa shape index (κ3) is 2.34. The first-order valence-corrected chi connectivity index (χ1v) is 3.97. The van der Waals surface area contributed by atoms with Gasteiger partial charge in [-0.25, -0.2) is 0 Å². The van der Waals surface area contributed by atoms with Crippen molar-refractivity contribution in [2.45, 2.75) is 24.3 Å². The van der Waals surface area contributed by atoms with E-state index in [0.29, 0.717) is 0 Å². The molecule has 3 nitrogen and oxygen atoms in total. The second-order valence-corrected chi connectivity index (χ2v) is 3.32. The fourth-order valence-electron chi connectivity index (χ4n) is 0.985. The Hall–Kier alpha value is -0.280. The van der Waals surface area contributed by atoms with Crippen LogP contribution in [-0.4, -0.2) is 29.7 Å². The molecule has 0 unspecified atom stereocenters. The third-order valence-corrected chi connectivity index (χ3v) is 2.36. The van der Waals surface area contributed by atoms with E-state index in [2.05, 4.69) is 4.74 Å². The van der Waals surface area contributed by atoms with Crippen LogP contribution in [0, 0.1) is 5.92 Å². The third-order valence-electron chi connectivity index (χ3n) is 1.86. The van der Waals surface area contributed by atoms with E-state index < -0.39 is 6.10 Å². The van der Waals surface area contributed by atoms with Crippen molar-refractivity contribution < 1.29 is 14.6 Å². The molecular weight excluding hydrogens is 168 g/mol. The smallest absolute Gasteiger partial charge is 0.308 e. The maximum Gasteiger partial charge on any atom is 0.308 e. The van der Waals surface area contributed by atoms with E-state index in [-0.39, 0.29) is 23.7 Å². The second-order valence-electron chi connectivity index (χ2n) is 2.76. The summed E-state index contributed by atoms with van der Waals surface area (Å²) in [4.78, 5) is 10.6. The minimum absolute atomic E-state index is 0.0506. The maximum absolute atomic E-state index is 10.6. The van der Waals surface area contributed by atoms with E-state index in [9.17, 15) is 9.90 Å². The Kier molecular flexibility index (Phi) is 2.73. The SMILES string of the molecule is COC(=O)C[C@@H](O)[C@@H]1C[C@H]1Cl. The number of esters is 1. The van der Waals surface area contributed by atoms with Gasteiger partial charge in [0.1, 0.15) is 0 Å². The van der Waals surface area contributed by atoms with Gasteiger partial charge in [-0.3, -0.25) is 4.79 Å². The number of aliphatic hydroxyl groups excluding tert-OH is 1. The normalized spacial score (nSPS) is 31.2. The quantitative estimate of drug-likeness (QED) is 0.507. The molecular formula is C7H11ClO3. The molecule has 4 heteroatoms. The van der Waals surface area contributed by atoms with Gasteiger partial charge in [0.15, 0.2) is 0 Å². The zero-order valence-electron chi connectivity index (χ0n) is 6.29. The Morgan fingerprint density at radius 3 is 2.82 bits per heavy atom. The fraction of sp³-hybridized carbons (Fsp3) is 0.857. The molecule has 1 rings (SSSR count). The molecule has 0 aromatic rings. The first kappa shape index (κ1) is 8.81. The van der Waals surface area contributed by atoms with Gasteiger partial charge in [0.05, 0.1) is 19.6 Å². The molecule has 1 aliphatic rings. The number of methoxy groups -OCH3 is 1. The van der Waals surface area contributed by atoms with Crippen LogP contribution in [0.4, 0.5) is 0 Å². The average molecular weight is 179 g/mol. The number of carbonyl (C=O) groups is 1. The van der Waals surface area contributed by atoms with Crippen LogP contribution in [0.3, 0.4) is 0 Å². The highest BCUT2D eigenvalue weighted by Gasteiger charge is 2.41. The Bertz CT molecular complexity index is 160. The molecule has 0 aliphatic heterocycles. The molecule has 0 spiro atoms. The number of halogens is 1. The van der Waals surface area contributed by atoms with Gasteiger partial charge >= 0.3 is 5.97 Å². The maximum atomic E-state index is 10.6. The standard InChI is InChI=1S/C7H11ClO3/c1-11-7(10)3-6(9)4-2-5(4)8/h4-6,9H,2-3H2,1H3/t4-,5-,6-/m1/s1. The van der Waals surface area contributed by atoms with Crippen LogP contribution in [0.25, 0.3) is 0 Å². The minimum atomic E-state index is -0.620. The number of ether oxygens (including phenoxy) is 1. The monoisotopic (exact) mass is 178 g/mol. The van der Waals surface area contributed by atoms with Crippen LogP contribution in [0.15, 0.2) is 0 Å². The molecule has 1 N–H and O–H groups in total. The van der Waals surface area contributed by atoms with Gasteiger partial charge in [-0.1, -0.05) is 0 Å². The van der Waals surface area contributed by atoms with Crippen molar-refractivity contribution in [3.8, 4) is 0 Å². The first-order chi connectivity index (χ1) is 5.15. The molecule has 64 valence electrons. The van der Waals surface area contributed by atoms with Gasteiger partial charge in [0.2, 0.25) is 0 Å². The lowest BCUT2D eigenvalue weighted by molar-refractivity contribution is -0.143. The molecule has 0 aromatic carbocycles. The van der Waals surface area contributed by atoms with Gasteiger partial charge in [-0.15, -0.1) is 11.6 Å². The van der Waals surface area contributed by atoms with Crippen molar-refractivity contribution in [3.63, 3.8) is 0 Å². The summed E-state index contributed by atoms with van der Waals surface area (Å²) in [6.45, 7) is 0. The summed E-state index contributed by atoms with van der Waals surface area (Å²) in [7, 11) is 1.31. The van der Waals surface area contributed by atoms with Crippen LogP contribution in [-0.2, 0) is 9.53 Å². The zero-order valence-corrected chi connectivity index (χ0v) is 7.04. The summed E-state index contributed by atoms with van der Waals surface area (Å²) in [6, 6.07) is 0. The van der Waals surface area contributed by atoms with Gasteiger partial charge in [-0.2, -0.15) is 0 Å². The fourth-order valence-corrected chi connectivity index (χ4v) is 1.36. The summed E-state index contributed by atoms with van der Waals surface area (Å²) in [6.07, 6.45) is 0.245. The van der Waals surface area contributed by atoms with Crippen LogP contribution in [0.1, 0.15) is 12.8 Å².